The summed E-state index contributed by atoms with van der Waals surface area (Å²) in [5, 5.41) is 0. The van der Waals surface area contributed by atoms with Gasteiger partial charge in [-0.25, -0.2) is 4.98 Å². The lowest BCUT2D eigenvalue weighted by molar-refractivity contribution is 0.0979. The van der Waals surface area contributed by atoms with Crippen LogP contribution in [0.15, 0.2) is 36.7 Å². The number of carbonyl (C=O) groups is 1. The summed E-state index contributed by atoms with van der Waals surface area (Å²) in [4.78, 5) is 16.4. The normalized spacial score (nSPS) is 10.6. The van der Waals surface area contributed by atoms with Crippen molar-refractivity contribution in [3.05, 3.63) is 53.6 Å². The van der Waals surface area contributed by atoms with Crippen LogP contribution in [0.4, 0.5) is 0 Å². The number of ketones is 1. The van der Waals surface area contributed by atoms with Gasteiger partial charge in [-0.2, -0.15) is 0 Å². The van der Waals surface area contributed by atoms with Crippen molar-refractivity contribution in [3.8, 4) is 0 Å². The first-order valence-corrected chi connectivity index (χ1v) is 6.30. The molecule has 3 nitrogen and oxygen atoms in total. The van der Waals surface area contributed by atoms with Gasteiger partial charge in [0.1, 0.15) is 0 Å². The summed E-state index contributed by atoms with van der Waals surface area (Å²) in [5.74, 6) is 0.650. The van der Waals surface area contributed by atoms with E-state index in [1.807, 2.05) is 42.0 Å². The quantitative estimate of drug-likeness (QED) is 0.755. The highest BCUT2D eigenvalue weighted by Gasteiger charge is 2.12. The molecule has 94 valence electrons. The van der Waals surface area contributed by atoms with E-state index >= 15 is 0 Å². The molecule has 0 N–H and O–H groups in total. The van der Waals surface area contributed by atoms with Gasteiger partial charge in [0.15, 0.2) is 5.82 Å². The molecular weight excluding hydrogens is 224 g/mol. The van der Waals surface area contributed by atoms with Crippen LogP contribution in [0.3, 0.4) is 0 Å². The number of aryl methyl sites for hydroxylation is 2. The van der Waals surface area contributed by atoms with Crippen LogP contribution >= 0.6 is 0 Å². The second-order valence-electron chi connectivity index (χ2n) is 4.53. The first kappa shape index (κ1) is 12.6. The van der Waals surface area contributed by atoms with Gasteiger partial charge in [-0.05, 0) is 18.9 Å². The average molecular weight is 242 g/mol. The van der Waals surface area contributed by atoms with E-state index in [1.165, 1.54) is 5.56 Å². The zero-order valence-electron chi connectivity index (χ0n) is 10.9. The molecule has 3 heteroatoms. The van der Waals surface area contributed by atoms with Gasteiger partial charge in [-0.3, -0.25) is 4.79 Å². The molecule has 0 atom stereocenters. The van der Waals surface area contributed by atoms with Crippen molar-refractivity contribution in [1.82, 2.24) is 9.55 Å². The van der Waals surface area contributed by atoms with Crippen molar-refractivity contribution < 1.29 is 4.79 Å². The highest BCUT2D eigenvalue weighted by atomic mass is 16.1. The number of Topliss-reactive ketones (excluding diaryl/α,β-unsaturated/α-hetero) is 1. The minimum absolute atomic E-state index is 0.0825. The predicted molar refractivity (Wildman–Crippen MR) is 71.7 cm³/mol. The van der Waals surface area contributed by atoms with Crippen LogP contribution in [0.5, 0.6) is 0 Å². The fraction of sp³-hybridized carbons (Fsp3) is 0.333. The van der Waals surface area contributed by atoms with Gasteiger partial charge >= 0.3 is 0 Å². The van der Waals surface area contributed by atoms with E-state index in [2.05, 4.69) is 11.9 Å². The van der Waals surface area contributed by atoms with Crippen LogP contribution in [-0.2, 0) is 13.0 Å². The van der Waals surface area contributed by atoms with Gasteiger partial charge in [0.2, 0.25) is 5.78 Å². The predicted octanol–water partition coefficient (Wildman–Crippen LogP) is 3.03. The second-order valence-corrected chi connectivity index (χ2v) is 4.53. The van der Waals surface area contributed by atoms with E-state index in [4.69, 9.17) is 0 Å². The van der Waals surface area contributed by atoms with Gasteiger partial charge in [-0.1, -0.05) is 36.8 Å². The molecule has 0 spiro atoms. The van der Waals surface area contributed by atoms with E-state index in [0.29, 0.717) is 12.2 Å². The van der Waals surface area contributed by atoms with E-state index in [0.717, 1.165) is 18.5 Å². The lowest BCUT2D eigenvalue weighted by atomic mass is 10.1. The number of carbonyl (C=O) groups excluding carboxylic acids is 1. The summed E-state index contributed by atoms with van der Waals surface area (Å²) < 4.78 is 1.93. The molecular formula is C15H18N2O. The van der Waals surface area contributed by atoms with E-state index in [1.54, 1.807) is 6.20 Å². The van der Waals surface area contributed by atoms with Gasteiger partial charge in [-0.15, -0.1) is 0 Å². The van der Waals surface area contributed by atoms with Crippen LogP contribution in [0.2, 0.25) is 0 Å². The molecule has 1 aromatic heterocycles. The smallest absolute Gasteiger partial charge is 0.202 e. The van der Waals surface area contributed by atoms with E-state index in [9.17, 15) is 4.79 Å². The van der Waals surface area contributed by atoms with Crippen LogP contribution in [0.1, 0.15) is 35.1 Å². The molecule has 2 rings (SSSR count). The first-order valence-electron chi connectivity index (χ1n) is 6.30. The third-order valence-corrected chi connectivity index (χ3v) is 2.88. The molecule has 0 aliphatic heterocycles. The molecule has 0 saturated heterocycles. The number of rotatable bonds is 5. The Labute approximate surface area is 107 Å². The molecule has 0 saturated carbocycles. The highest BCUT2D eigenvalue weighted by Crippen LogP contribution is 2.09. The maximum absolute atomic E-state index is 12.2. The second kappa shape index (κ2) is 5.63. The summed E-state index contributed by atoms with van der Waals surface area (Å²) in [6.07, 6.45) is 4.98. The maximum atomic E-state index is 12.2. The average Bonchev–Trinajstić information content (AvgIpc) is 2.78. The molecule has 0 fully saturated rings. The molecule has 2 aromatic rings. The molecule has 0 radical (unpaired) electrons. The Balaban J connectivity index is 2.14. The Hall–Kier alpha value is -1.90. The Morgan fingerprint density at radius 3 is 2.94 bits per heavy atom. The Morgan fingerprint density at radius 1 is 1.39 bits per heavy atom. The monoisotopic (exact) mass is 242 g/mol. The fourth-order valence-corrected chi connectivity index (χ4v) is 2.07. The molecule has 0 aliphatic carbocycles. The summed E-state index contributed by atoms with van der Waals surface area (Å²) in [6, 6.07) is 8.05. The van der Waals surface area contributed by atoms with Crippen LogP contribution in [0.25, 0.3) is 0 Å². The van der Waals surface area contributed by atoms with Crippen LogP contribution in [0, 0.1) is 6.92 Å². The summed E-state index contributed by atoms with van der Waals surface area (Å²) in [7, 11) is 0. The molecule has 0 amide bonds. The Kier molecular flexibility index (Phi) is 3.92. The standard InChI is InChI=1S/C15H18N2O/c1-3-8-17-9-7-16-15(17)14(18)11-13-6-4-5-12(2)10-13/h4-7,9-10H,3,8,11H2,1-2H3. The van der Waals surface area contributed by atoms with Crippen molar-refractivity contribution in [3.63, 3.8) is 0 Å². The zero-order valence-corrected chi connectivity index (χ0v) is 10.9. The highest BCUT2D eigenvalue weighted by molar-refractivity contribution is 5.94. The first-order chi connectivity index (χ1) is 8.70. The lowest BCUT2D eigenvalue weighted by Crippen LogP contribution is -2.12. The van der Waals surface area contributed by atoms with Crippen LogP contribution < -0.4 is 0 Å². The molecule has 0 unspecified atom stereocenters. The number of hydrogen-bond donors (Lipinski definition) is 0. The third-order valence-electron chi connectivity index (χ3n) is 2.88. The van der Waals surface area contributed by atoms with Crippen LogP contribution in [-0.4, -0.2) is 15.3 Å². The zero-order chi connectivity index (χ0) is 13.0. The summed E-state index contributed by atoms with van der Waals surface area (Å²) >= 11 is 0. The van der Waals surface area contributed by atoms with Crippen molar-refractivity contribution >= 4 is 5.78 Å². The topological polar surface area (TPSA) is 34.9 Å². The largest absolute Gasteiger partial charge is 0.329 e. The van der Waals surface area contributed by atoms with Crippen molar-refractivity contribution in [2.24, 2.45) is 0 Å². The number of hydrogen-bond acceptors (Lipinski definition) is 2. The molecule has 1 aromatic carbocycles. The minimum atomic E-state index is 0.0825. The Bertz CT molecular complexity index is 543. The maximum Gasteiger partial charge on any atom is 0.202 e. The minimum Gasteiger partial charge on any atom is -0.329 e. The summed E-state index contributed by atoms with van der Waals surface area (Å²) in [6.45, 7) is 4.97. The SMILES string of the molecule is CCCn1ccnc1C(=O)Cc1cccc(C)c1. The van der Waals surface area contributed by atoms with Crippen molar-refractivity contribution in [2.45, 2.75) is 33.2 Å². The number of benzene rings is 1. The van der Waals surface area contributed by atoms with Gasteiger partial charge < -0.3 is 4.57 Å². The third kappa shape index (κ3) is 2.86. The summed E-state index contributed by atoms with van der Waals surface area (Å²) in [5.41, 5.74) is 2.23. The number of imidazole rings is 1. The van der Waals surface area contributed by atoms with Gasteiger partial charge in [0, 0.05) is 25.4 Å². The van der Waals surface area contributed by atoms with Crippen molar-refractivity contribution in [2.75, 3.05) is 0 Å². The molecule has 0 aliphatic rings. The molecule has 1 heterocycles. The fourth-order valence-electron chi connectivity index (χ4n) is 2.07. The van der Waals surface area contributed by atoms with Gasteiger partial charge in [0.25, 0.3) is 0 Å². The molecule has 0 bridgehead atoms. The van der Waals surface area contributed by atoms with Gasteiger partial charge in [0.05, 0.1) is 0 Å². The lowest BCUT2D eigenvalue weighted by Gasteiger charge is -2.05. The van der Waals surface area contributed by atoms with Crippen molar-refractivity contribution in [1.29, 1.82) is 0 Å². The number of nitrogens with zero attached hydrogens (tertiary/aromatic N) is 2. The number of aromatic nitrogens is 2. The van der Waals surface area contributed by atoms with E-state index < -0.39 is 0 Å². The molecule has 18 heavy (non-hydrogen) atoms. The van der Waals surface area contributed by atoms with E-state index in [-0.39, 0.29) is 5.78 Å². The Morgan fingerprint density at radius 2 is 2.22 bits per heavy atom.